The van der Waals surface area contributed by atoms with Crippen molar-refractivity contribution >= 4 is 28.6 Å². The van der Waals surface area contributed by atoms with Crippen LogP contribution in [0.1, 0.15) is 51.6 Å². The molecule has 0 aliphatic heterocycles. The summed E-state index contributed by atoms with van der Waals surface area (Å²) in [6.07, 6.45) is -3.63. The van der Waals surface area contributed by atoms with Crippen LogP contribution >= 0.6 is 11.6 Å². The normalized spacial score (nSPS) is 12.8. The van der Waals surface area contributed by atoms with Gasteiger partial charge in [0.2, 0.25) is 0 Å². The number of aromatic nitrogens is 2. The predicted octanol–water partition coefficient (Wildman–Crippen LogP) is 5.70. The van der Waals surface area contributed by atoms with Crippen LogP contribution in [0.15, 0.2) is 41.2 Å². The number of nitrogens with one attached hydrogen (secondary N) is 1. The molecule has 170 valence electrons. The monoisotopic (exact) mass is 467 g/mol. The van der Waals surface area contributed by atoms with E-state index < -0.39 is 41.1 Å². The maximum absolute atomic E-state index is 14.5. The summed E-state index contributed by atoms with van der Waals surface area (Å²) in [6.45, 7) is 6.58. The Morgan fingerprint density at radius 2 is 1.91 bits per heavy atom. The van der Waals surface area contributed by atoms with Gasteiger partial charge in [-0.1, -0.05) is 17.7 Å². The lowest BCUT2D eigenvalue weighted by atomic mass is 10.1. The summed E-state index contributed by atoms with van der Waals surface area (Å²) in [5.74, 6) is -0.828. The molecule has 10 heteroatoms. The molecule has 32 heavy (non-hydrogen) atoms. The van der Waals surface area contributed by atoms with Crippen molar-refractivity contribution in [3.8, 4) is 5.69 Å². The Hall–Kier alpha value is -3.07. The van der Waals surface area contributed by atoms with E-state index in [2.05, 4.69) is 10.3 Å². The van der Waals surface area contributed by atoms with Gasteiger partial charge in [-0.05, 0) is 58.0 Å². The van der Waals surface area contributed by atoms with Crippen molar-refractivity contribution < 1.29 is 22.7 Å². The summed E-state index contributed by atoms with van der Waals surface area (Å²) < 4.78 is 47.4. The van der Waals surface area contributed by atoms with E-state index in [9.17, 15) is 22.8 Å². The van der Waals surface area contributed by atoms with E-state index in [0.717, 1.165) is 22.8 Å². The highest BCUT2D eigenvalue weighted by Crippen LogP contribution is 2.27. The second kappa shape index (κ2) is 8.82. The third-order valence-electron chi connectivity index (χ3n) is 4.41. The highest BCUT2D eigenvalue weighted by Gasteiger charge is 2.24. The lowest BCUT2D eigenvalue weighted by Gasteiger charge is -2.23. The minimum absolute atomic E-state index is 0.0126. The van der Waals surface area contributed by atoms with Gasteiger partial charge in [-0.3, -0.25) is 9.36 Å². The van der Waals surface area contributed by atoms with Crippen LogP contribution in [0.4, 0.5) is 18.0 Å². The number of hydrogen-bond acceptors (Lipinski definition) is 4. The van der Waals surface area contributed by atoms with Gasteiger partial charge in [0.1, 0.15) is 22.6 Å². The first-order chi connectivity index (χ1) is 14.9. The first kappa shape index (κ1) is 23.6. The first-order valence-electron chi connectivity index (χ1n) is 9.67. The van der Waals surface area contributed by atoms with Crippen molar-refractivity contribution in [1.29, 1.82) is 0 Å². The van der Waals surface area contributed by atoms with Crippen LogP contribution < -0.4 is 10.9 Å². The van der Waals surface area contributed by atoms with E-state index in [1.807, 2.05) is 0 Å². The number of carbonyl (C=O) groups is 1. The van der Waals surface area contributed by atoms with Gasteiger partial charge in [0.05, 0.1) is 17.2 Å². The van der Waals surface area contributed by atoms with Gasteiger partial charge >= 0.3 is 6.09 Å². The molecule has 1 heterocycles. The Balaban J connectivity index is 2.24. The number of halogens is 4. The van der Waals surface area contributed by atoms with Gasteiger partial charge < -0.3 is 10.1 Å². The first-order valence-corrected chi connectivity index (χ1v) is 10.0. The molecule has 6 nitrogen and oxygen atoms in total. The molecule has 0 bridgehead atoms. The molecule has 1 N–H and O–H groups in total. The number of carbonyl (C=O) groups excluding carboxylic acids is 1. The van der Waals surface area contributed by atoms with Crippen molar-refractivity contribution in [2.75, 3.05) is 0 Å². The Bertz CT molecular complexity index is 1240. The highest BCUT2D eigenvalue weighted by atomic mass is 35.5. The molecule has 0 radical (unpaired) electrons. The Morgan fingerprint density at radius 1 is 1.22 bits per heavy atom. The quantitative estimate of drug-likeness (QED) is 0.534. The fourth-order valence-electron chi connectivity index (χ4n) is 3.15. The summed E-state index contributed by atoms with van der Waals surface area (Å²) in [4.78, 5) is 29.9. The predicted molar refractivity (Wildman–Crippen MR) is 115 cm³/mol. The summed E-state index contributed by atoms with van der Waals surface area (Å²) >= 11 is 6.00. The van der Waals surface area contributed by atoms with Crippen molar-refractivity contribution in [2.45, 2.75) is 45.8 Å². The molecular formula is C22H21ClF3N3O3. The zero-order valence-electron chi connectivity index (χ0n) is 17.7. The van der Waals surface area contributed by atoms with Crippen molar-refractivity contribution in [3.63, 3.8) is 0 Å². The number of rotatable bonds is 4. The number of amides is 1. The van der Waals surface area contributed by atoms with Gasteiger partial charge in [0, 0.05) is 10.6 Å². The molecular weight excluding hydrogens is 447 g/mol. The standard InChI is InChI=1S/C22H21ClF3N3O3/c1-11(27-21(31)32-22(2,3)4)19-28-16-7-5-6-15(24)17(16)20(30)29(19)14-9-12(18(25)26)8-13(23)10-14/h5-11,18H,1-4H3,(H,27,31). The maximum atomic E-state index is 14.5. The zero-order chi connectivity index (χ0) is 23.8. The van der Waals surface area contributed by atoms with Crippen molar-refractivity contribution in [3.05, 3.63) is 69.0 Å². The molecule has 0 aliphatic carbocycles. The molecule has 0 fully saturated rings. The summed E-state index contributed by atoms with van der Waals surface area (Å²) in [5.41, 5.74) is -2.02. The van der Waals surface area contributed by atoms with E-state index in [1.165, 1.54) is 25.1 Å². The molecule has 2 aromatic carbocycles. The van der Waals surface area contributed by atoms with Crippen LogP contribution in [-0.4, -0.2) is 21.2 Å². The third-order valence-corrected chi connectivity index (χ3v) is 4.63. The smallest absolute Gasteiger partial charge is 0.408 e. The van der Waals surface area contributed by atoms with E-state index >= 15 is 0 Å². The Morgan fingerprint density at radius 3 is 2.53 bits per heavy atom. The minimum atomic E-state index is -2.85. The lowest BCUT2D eigenvalue weighted by Crippen LogP contribution is -2.37. The fourth-order valence-corrected chi connectivity index (χ4v) is 3.38. The molecule has 1 amide bonds. The topological polar surface area (TPSA) is 73.2 Å². The molecule has 0 saturated heterocycles. The second-order valence-corrected chi connectivity index (χ2v) is 8.59. The van der Waals surface area contributed by atoms with Gasteiger partial charge in [0.15, 0.2) is 0 Å². The number of hydrogen-bond donors (Lipinski definition) is 1. The number of fused-ring (bicyclic) bond motifs is 1. The maximum Gasteiger partial charge on any atom is 0.408 e. The third kappa shape index (κ3) is 5.04. The van der Waals surface area contributed by atoms with Crippen molar-refractivity contribution in [1.82, 2.24) is 14.9 Å². The fraction of sp³-hybridized carbons (Fsp3) is 0.318. The largest absolute Gasteiger partial charge is 0.444 e. The molecule has 0 spiro atoms. The van der Waals surface area contributed by atoms with Gasteiger partial charge in [-0.2, -0.15) is 0 Å². The van der Waals surface area contributed by atoms with Gasteiger partial charge in [0.25, 0.3) is 12.0 Å². The average molecular weight is 468 g/mol. The molecule has 3 rings (SSSR count). The van der Waals surface area contributed by atoms with Crippen LogP contribution in [0, 0.1) is 5.82 Å². The van der Waals surface area contributed by atoms with E-state index in [1.54, 1.807) is 20.8 Å². The Kier molecular flexibility index (Phi) is 6.50. The minimum Gasteiger partial charge on any atom is -0.444 e. The molecule has 1 unspecified atom stereocenters. The molecule has 0 aliphatic rings. The number of ether oxygens (including phenoxy) is 1. The number of nitrogens with zero attached hydrogens (tertiary/aromatic N) is 2. The SMILES string of the molecule is CC(NC(=O)OC(C)(C)C)c1nc2cccc(F)c2c(=O)n1-c1cc(Cl)cc(C(F)F)c1. The molecule has 0 saturated carbocycles. The zero-order valence-corrected chi connectivity index (χ0v) is 18.5. The average Bonchev–Trinajstić information content (AvgIpc) is 2.65. The summed E-state index contributed by atoms with van der Waals surface area (Å²) in [5, 5.41) is 2.20. The van der Waals surface area contributed by atoms with Gasteiger partial charge in [-0.15, -0.1) is 0 Å². The van der Waals surface area contributed by atoms with Crippen LogP contribution in [0.2, 0.25) is 5.02 Å². The molecule has 1 atom stereocenters. The van der Waals surface area contributed by atoms with E-state index in [-0.39, 0.29) is 27.4 Å². The number of alkyl halides is 2. The summed E-state index contributed by atoms with van der Waals surface area (Å²) in [6, 6.07) is 6.44. The second-order valence-electron chi connectivity index (χ2n) is 8.16. The number of alkyl carbamates (subject to hydrolysis) is 1. The van der Waals surface area contributed by atoms with E-state index in [0.29, 0.717) is 0 Å². The molecule has 3 aromatic rings. The van der Waals surface area contributed by atoms with Crippen LogP contribution in [0.3, 0.4) is 0 Å². The molecule has 1 aromatic heterocycles. The van der Waals surface area contributed by atoms with Crippen LogP contribution in [0.25, 0.3) is 16.6 Å². The van der Waals surface area contributed by atoms with Crippen LogP contribution in [0.5, 0.6) is 0 Å². The summed E-state index contributed by atoms with van der Waals surface area (Å²) in [7, 11) is 0. The van der Waals surface area contributed by atoms with Gasteiger partial charge in [-0.25, -0.2) is 22.9 Å². The van der Waals surface area contributed by atoms with Crippen LogP contribution in [-0.2, 0) is 4.74 Å². The van der Waals surface area contributed by atoms with E-state index in [4.69, 9.17) is 16.3 Å². The Labute approximate surface area is 187 Å². The highest BCUT2D eigenvalue weighted by molar-refractivity contribution is 6.30. The lowest BCUT2D eigenvalue weighted by molar-refractivity contribution is 0.0505. The number of benzene rings is 2. The van der Waals surface area contributed by atoms with Crippen molar-refractivity contribution in [2.24, 2.45) is 0 Å².